The van der Waals surface area contributed by atoms with Crippen LogP contribution in [0.4, 0.5) is 5.69 Å². The van der Waals surface area contributed by atoms with Crippen LogP contribution >= 0.6 is 0 Å². The molecule has 0 radical (unpaired) electrons. The van der Waals surface area contributed by atoms with Crippen molar-refractivity contribution in [2.45, 2.75) is 13.8 Å². The zero-order valence-corrected chi connectivity index (χ0v) is 17.4. The molecule has 0 unspecified atom stereocenters. The Kier molecular flexibility index (Phi) is 6.23. The van der Waals surface area contributed by atoms with Gasteiger partial charge in [0.15, 0.2) is 0 Å². The fraction of sp³-hybridized carbons (Fsp3) is 0.167. The van der Waals surface area contributed by atoms with E-state index in [2.05, 4.69) is 9.88 Å². The standard InChI is InChI=1S/C24H23N3O3/c1-16-12-18(17(2)27(16)21-8-10-22(29-3)11-9-21)13-19(15-25)24(28)26-20-6-5-7-23(14-20)30-4/h5-14H,1-4H3,(H,26,28)/b19-13-. The lowest BCUT2D eigenvalue weighted by Gasteiger charge is -2.10. The minimum atomic E-state index is -0.472. The van der Waals surface area contributed by atoms with Gasteiger partial charge < -0.3 is 19.4 Å². The maximum absolute atomic E-state index is 12.6. The van der Waals surface area contributed by atoms with Crippen molar-refractivity contribution in [3.8, 4) is 23.3 Å². The van der Waals surface area contributed by atoms with Crippen molar-refractivity contribution in [3.05, 3.63) is 77.1 Å². The summed E-state index contributed by atoms with van der Waals surface area (Å²) >= 11 is 0. The average Bonchev–Trinajstić information content (AvgIpc) is 3.04. The molecule has 6 heteroatoms. The summed E-state index contributed by atoms with van der Waals surface area (Å²) in [5.41, 5.74) is 4.29. The number of hydrogen-bond donors (Lipinski definition) is 1. The molecule has 3 aromatic rings. The quantitative estimate of drug-likeness (QED) is 0.482. The van der Waals surface area contributed by atoms with Crippen LogP contribution < -0.4 is 14.8 Å². The lowest BCUT2D eigenvalue weighted by molar-refractivity contribution is -0.112. The molecule has 6 nitrogen and oxygen atoms in total. The highest BCUT2D eigenvalue weighted by molar-refractivity contribution is 6.09. The first-order valence-corrected chi connectivity index (χ1v) is 9.37. The number of methoxy groups -OCH3 is 2. The van der Waals surface area contributed by atoms with Gasteiger partial charge in [-0.25, -0.2) is 0 Å². The molecule has 0 saturated heterocycles. The highest BCUT2D eigenvalue weighted by atomic mass is 16.5. The van der Waals surface area contributed by atoms with E-state index in [9.17, 15) is 10.1 Å². The van der Waals surface area contributed by atoms with E-state index in [4.69, 9.17) is 9.47 Å². The van der Waals surface area contributed by atoms with Crippen molar-refractivity contribution in [2.75, 3.05) is 19.5 Å². The van der Waals surface area contributed by atoms with E-state index in [1.165, 1.54) is 0 Å². The summed E-state index contributed by atoms with van der Waals surface area (Å²) in [5, 5.41) is 12.3. The second-order valence-corrected chi connectivity index (χ2v) is 6.72. The number of ether oxygens (including phenoxy) is 2. The minimum absolute atomic E-state index is 0.0211. The van der Waals surface area contributed by atoms with Crippen LogP contribution in [0.5, 0.6) is 11.5 Å². The maximum atomic E-state index is 12.6. The second kappa shape index (κ2) is 9.01. The third-order valence-electron chi connectivity index (χ3n) is 4.79. The van der Waals surface area contributed by atoms with Gasteiger partial charge in [0.1, 0.15) is 23.1 Å². The summed E-state index contributed by atoms with van der Waals surface area (Å²) in [7, 11) is 3.18. The highest BCUT2D eigenvalue weighted by Gasteiger charge is 2.14. The van der Waals surface area contributed by atoms with Crippen molar-refractivity contribution in [1.82, 2.24) is 4.57 Å². The van der Waals surface area contributed by atoms with Gasteiger partial charge >= 0.3 is 0 Å². The third kappa shape index (κ3) is 4.36. The Morgan fingerprint density at radius 2 is 1.73 bits per heavy atom. The Balaban J connectivity index is 1.90. The molecule has 2 aromatic carbocycles. The van der Waals surface area contributed by atoms with E-state index in [1.54, 1.807) is 44.6 Å². The molecule has 0 bridgehead atoms. The molecule has 0 aliphatic rings. The number of nitrogens with zero attached hydrogens (tertiary/aromatic N) is 2. The van der Waals surface area contributed by atoms with Gasteiger partial charge in [-0.3, -0.25) is 4.79 Å². The predicted octanol–water partition coefficient (Wildman–Crippen LogP) is 4.66. The summed E-state index contributed by atoms with van der Waals surface area (Å²) in [6.45, 7) is 3.94. The SMILES string of the molecule is COc1ccc(-n2c(C)cc(/C=C(/C#N)C(=O)Nc3cccc(OC)c3)c2C)cc1. The number of carbonyl (C=O) groups is 1. The van der Waals surface area contributed by atoms with E-state index < -0.39 is 5.91 Å². The summed E-state index contributed by atoms with van der Waals surface area (Å²) in [4.78, 5) is 12.6. The summed E-state index contributed by atoms with van der Waals surface area (Å²) in [6, 6.07) is 18.7. The Morgan fingerprint density at radius 1 is 1.03 bits per heavy atom. The van der Waals surface area contributed by atoms with Crippen molar-refractivity contribution in [3.63, 3.8) is 0 Å². The highest BCUT2D eigenvalue weighted by Crippen LogP contribution is 2.25. The third-order valence-corrected chi connectivity index (χ3v) is 4.79. The van der Waals surface area contributed by atoms with Gasteiger partial charge in [-0.15, -0.1) is 0 Å². The number of aromatic nitrogens is 1. The van der Waals surface area contributed by atoms with Gasteiger partial charge in [-0.05, 0) is 68.0 Å². The number of nitriles is 1. The number of nitrogens with one attached hydrogen (secondary N) is 1. The van der Waals surface area contributed by atoms with E-state index in [0.29, 0.717) is 11.4 Å². The monoisotopic (exact) mass is 401 g/mol. The van der Waals surface area contributed by atoms with Crippen molar-refractivity contribution >= 4 is 17.7 Å². The molecule has 30 heavy (non-hydrogen) atoms. The van der Waals surface area contributed by atoms with E-state index in [-0.39, 0.29) is 5.57 Å². The molecule has 1 heterocycles. The van der Waals surface area contributed by atoms with Crippen LogP contribution in [0.25, 0.3) is 11.8 Å². The minimum Gasteiger partial charge on any atom is -0.497 e. The molecule has 0 saturated carbocycles. The molecule has 152 valence electrons. The first-order chi connectivity index (χ1) is 14.5. The van der Waals surface area contributed by atoms with Gasteiger partial charge in [-0.1, -0.05) is 6.07 Å². The van der Waals surface area contributed by atoms with Gasteiger partial charge in [0.2, 0.25) is 0 Å². The van der Waals surface area contributed by atoms with Gasteiger partial charge in [-0.2, -0.15) is 5.26 Å². The Morgan fingerprint density at radius 3 is 2.37 bits per heavy atom. The predicted molar refractivity (Wildman–Crippen MR) is 117 cm³/mol. The molecule has 1 amide bonds. The molecule has 0 aliphatic carbocycles. The fourth-order valence-corrected chi connectivity index (χ4v) is 3.27. The van der Waals surface area contributed by atoms with Crippen LogP contribution in [0.15, 0.2) is 60.2 Å². The molecular formula is C24H23N3O3. The van der Waals surface area contributed by atoms with Crippen LogP contribution in [0.3, 0.4) is 0 Å². The van der Waals surface area contributed by atoms with Crippen LogP contribution in [0, 0.1) is 25.2 Å². The molecule has 1 N–H and O–H groups in total. The first kappa shape index (κ1) is 20.7. The number of hydrogen-bond acceptors (Lipinski definition) is 4. The zero-order valence-electron chi connectivity index (χ0n) is 17.4. The van der Waals surface area contributed by atoms with Crippen LogP contribution in [-0.4, -0.2) is 24.7 Å². The van der Waals surface area contributed by atoms with Crippen molar-refractivity contribution < 1.29 is 14.3 Å². The van der Waals surface area contributed by atoms with Crippen LogP contribution in [0.2, 0.25) is 0 Å². The fourth-order valence-electron chi connectivity index (χ4n) is 3.27. The number of amides is 1. The van der Waals surface area contributed by atoms with Gasteiger partial charge in [0, 0.05) is 28.8 Å². The molecule has 1 aromatic heterocycles. The first-order valence-electron chi connectivity index (χ1n) is 9.37. The molecule has 3 rings (SSSR count). The second-order valence-electron chi connectivity index (χ2n) is 6.72. The zero-order chi connectivity index (χ0) is 21.7. The number of carbonyl (C=O) groups excluding carboxylic acids is 1. The smallest absolute Gasteiger partial charge is 0.266 e. The number of aryl methyl sites for hydroxylation is 1. The molecule has 0 atom stereocenters. The Bertz CT molecular complexity index is 1140. The number of rotatable bonds is 6. The summed E-state index contributed by atoms with van der Waals surface area (Å²) < 4.78 is 12.5. The number of anilines is 1. The van der Waals surface area contributed by atoms with Crippen LogP contribution in [0.1, 0.15) is 17.0 Å². The summed E-state index contributed by atoms with van der Waals surface area (Å²) in [5.74, 6) is 0.931. The number of benzene rings is 2. The Labute approximate surface area is 176 Å². The lowest BCUT2D eigenvalue weighted by Crippen LogP contribution is -2.13. The lowest BCUT2D eigenvalue weighted by atomic mass is 10.1. The van der Waals surface area contributed by atoms with Crippen molar-refractivity contribution in [1.29, 1.82) is 5.26 Å². The van der Waals surface area contributed by atoms with E-state index in [1.807, 2.05) is 50.2 Å². The van der Waals surface area contributed by atoms with E-state index in [0.717, 1.165) is 28.4 Å². The van der Waals surface area contributed by atoms with Gasteiger partial charge in [0.05, 0.1) is 14.2 Å². The average molecular weight is 401 g/mol. The van der Waals surface area contributed by atoms with Crippen molar-refractivity contribution in [2.24, 2.45) is 0 Å². The normalized spacial score (nSPS) is 11.0. The maximum Gasteiger partial charge on any atom is 0.266 e. The van der Waals surface area contributed by atoms with E-state index >= 15 is 0 Å². The largest absolute Gasteiger partial charge is 0.497 e. The van der Waals surface area contributed by atoms with Crippen LogP contribution in [-0.2, 0) is 4.79 Å². The molecule has 0 fully saturated rings. The van der Waals surface area contributed by atoms with Gasteiger partial charge in [0.25, 0.3) is 5.91 Å². The topological polar surface area (TPSA) is 76.3 Å². The summed E-state index contributed by atoms with van der Waals surface area (Å²) in [6.07, 6.45) is 1.61. The molecule has 0 aliphatic heterocycles. The Hall–Kier alpha value is -3.98. The molecular weight excluding hydrogens is 378 g/mol. The molecule has 0 spiro atoms.